The Morgan fingerprint density at radius 3 is 2.52 bits per heavy atom. The largest absolute Gasteiger partial charge is 0.493 e. The summed E-state index contributed by atoms with van der Waals surface area (Å²) in [7, 11) is 4.60. The van der Waals surface area contributed by atoms with Crippen LogP contribution in [0.1, 0.15) is 15.9 Å². The average Bonchev–Trinajstić information content (AvgIpc) is 2.70. The number of carboxylic acid groups (broad SMARTS) is 1. The van der Waals surface area contributed by atoms with Crippen LogP contribution in [0.25, 0.3) is 10.9 Å². The van der Waals surface area contributed by atoms with Gasteiger partial charge in [0.1, 0.15) is 17.7 Å². The van der Waals surface area contributed by atoms with Crippen LogP contribution in [0.5, 0.6) is 17.2 Å². The Kier molecular flexibility index (Phi) is 5.25. The third kappa shape index (κ3) is 3.55. The highest BCUT2D eigenvalue weighted by Crippen LogP contribution is 2.43. The lowest BCUT2D eigenvalue weighted by Gasteiger charge is -2.16. The van der Waals surface area contributed by atoms with Gasteiger partial charge in [0, 0.05) is 6.54 Å². The van der Waals surface area contributed by atoms with Gasteiger partial charge in [-0.2, -0.15) is 0 Å². The zero-order chi connectivity index (χ0) is 19.4. The highest BCUT2D eigenvalue weighted by molar-refractivity contribution is 5.96. The lowest BCUT2D eigenvalue weighted by molar-refractivity contribution is 0.0696. The van der Waals surface area contributed by atoms with Gasteiger partial charge in [-0.3, -0.25) is 0 Å². The van der Waals surface area contributed by atoms with E-state index in [2.05, 4.69) is 15.3 Å². The highest BCUT2D eigenvalue weighted by atomic mass is 16.5. The number of carboxylic acids is 1. The summed E-state index contributed by atoms with van der Waals surface area (Å²) in [5.41, 5.74) is 1.62. The molecule has 0 aliphatic heterocycles. The summed E-state index contributed by atoms with van der Waals surface area (Å²) in [6.07, 6.45) is 1.42. The van der Waals surface area contributed by atoms with Crippen LogP contribution in [0.3, 0.4) is 0 Å². The lowest BCUT2D eigenvalue weighted by atomic mass is 10.1. The fourth-order valence-corrected chi connectivity index (χ4v) is 2.80. The number of carbonyl (C=O) groups is 1. The summed E-state index contributed by atoms with van der Waals surface area (Å²) in [5.74, 6) is 0.995. The first-order valence-electron chi connectivity index (χ1n) is 8.08. The molecule has 3 rings (SSSR count). The number of benzene rings is 2. The second-order valence-corrected chi connectivity index (χ2v) is 5.62. The molecule has 0 aliphatic rings. The number of nitrogens with zero attached hydrogens (tertiary/aromatic N) is 2. The number of rotatable bonds is 7. The van der Waals surface area contributed by atoms with E-state index < -0.39 is 5.97 Å². The summed E-state index contributed by atoms with van der Waals surface area (Å²) < 4.78 is 16.2. The molecule has 0 saturated carbocycles. The van der Waals surface area contributed by atoms with Gasteiger partial charge < -0.3 is 24.6 Å². The molecule has 0 saturated heterocycles. The Morgan fingerprint density at radius 2 is 1.85 bits per heavy atom. The molecule has 0 amide bonds. The van der Waals surface area contributed by atoms with Crippen molar-refractivity contribution >= 4 is 22.7 Å². The first-order chi connectivity index (χ1) is 13.1. The Hall–Kier alpha value is -3.55. The Balaban J connectivity index is 2.00. The number of methoxy groups -OCH3 is 3. The van der Waals surface area contributed by atoms with E-state index in [1.165, 1.54) is 27.7 Å². The minimum Gasteiger partial charge on any atom is -0.493 e. The third-order valence-corrected chi connectivity index (χ3v) is 4.07. The number of anilines is 1. The fraction of sp³-hybridized carbons (Fsp3) is 0.211. The molecule has 0 unspecified atom stereocenters. The second-order valence-electron chi connectivity index (χ2n) is 5.62. The molecule has 27 heavy (non-hydrogen) atoms. The van der Waals surface area contributed by atoms with E-state index in [9.17, 15) is 4.79 Å². The fourth-order valence-electron chi connectivity index (χ4n) is 2.80. The van der Waals surface area contributed by atoms with Gasteiger partial charge >= 0.3 is 5.97 Å². The molecule has 0 radical (unpaired) electrons. The monoisotopic (exact) mass is 369 g/mol. The van der Waals surface area contributed by atoms with Gasteiger partial charge in [-0.15, -0.1) is 0 Å². The van der Waals surface area contributed by atoms with Crippen molar-refractivity contribution in [3.8, 4) is 17.2 Å². The summed E-state index contributed by atoms with van der Waals surface area (Å²) >= 11 is 0. The average molecular weight is 369 g/mol. The first kappa shape index (κ1) is 18.2. The Bertz CT molecular complexity index is 990. The number of fused-ring (bicyclic) bond motifs is 1. The number of aromatic carboxylic acids is 1. The minimum atomic E-state index is -0.967. The molecule has 1 heterocycles. The molecular weight excluding hydrogens is 350 g/mol. The molecule has 0 fully saturated rings. The SMILES string of the molecule is COc1cc2c(NCc3cccc(C(=O)O)c3)ncnc2c(OC)c1OC. The van der Waals surface area contributed by atoms with Gasteiger partial charge in [-0.05, 0) is 23.8 Å². The predicted molar refractivity (Wildman–Crippen MR) is 99.9 cm³/mol. The molecule has 2 aromatic carbocycles. The van der Waals surface area contributed by atoms with Crippen molar-refractivity contribution < 1.29 is 24.1 Å². The maximum atomic E-state index is 11.1. The zero-order valence-electron chi connectivity index (χ0n) is 15.1. The minimum absolute atomic E-state index is 0.231. The van der Waals surface area contributed by atoms with E-state index >= 15 is 0 Å². The van der Waals surface area contributed by atoms with Crippen molar-refractivity contribution in [1.82, 2.24) is 9.97 Å². The van der Waals surface area contributed by atoms with Crippen molar-refractivity contribution in [3.63, 3.8) is 0 Å². The van der Waals surface area contributed by atoms with E-state index in [1.807, 2.05) is 6.07 Å². The van der Waals surface area contributed by atoms with E-state index in [0.717, 1.165) is 5.56 Å². The first-order valence-corrected chi connectivity index (χ1v) is 8.08. The van der Waals surface area contributed by atoms with Crippen LogP contribution in [0, 0.1) is 0 Å². The van der Waals surface area contributed by atoms with Gasteiger partial charge in [0.15, 0.2) is 11.5 Å². The Labute approximate surface area is 155 Å². The van der Waals surface area contributed by atoms with Gasteiger partial charge in [0.05, 0.1) is 32.3 Å². The van der Waals surface area contributed by atoms with Crippen molar-refractivity contribution in [3.05, 3.63) is 47.8 Å². The molecule has 0 spiro atoms. The number of ether oxygens (including phenoxy) is 3. The summed E-state index contributed by atoms with van der Waals surface area (Å²) in [6.45, 7) is 0.393. The van der Waals surface area contributed by atoms with Crippen LogP contribution in [0.2, 0.25) is 0 Å². The van der Waals surface area contributed by atoms with Crippen LogP contribution in [-0.2, 0) is 6.54 Å². The maximum Gasteiger partial charge on any atom is 0.335 e. The lowest BCUT2D eigenvalue weighted by Crippen LogP contribution is -2.05. The number of aromatic nitrogens is 2. The summed E-state index contributed by atoms with van der Waals surface area (Å²) in [5, 5.41) is 13.0. The molecule has 0 atom stereocenters. The molecule has 3 aromatic rings. The van der Waals surface area contributed by atoms with Crippen LogP contribution in [-0.4, -0.2) is 42.4 Å². The number of hydrogen-bond donors (Lipinski definition) is 2. The van der Waals surface area contributed by atoms with Gasteiger partial charge in [-0.25, -0.2) is 14.8 Å². The van der Waals surface area contributed by atoms with Crippen LogP contribution < -0.4 is 19.5 Å². The molecule has 140 valence electrons. The topological polar surface area (TPSA) is 103 Å². The van der Waals surface area contributed by atoms with Gasteiger partial charge in [-0.1, -0.05) is 12.1 Å². The van der Waals surface area contributed by atoms with E-state index in [-0.39, 0.29) is 5.56 Å². The maximum absolute atomic E-state index is 11.1. The number of nitrogens with one attached hydrogen (secondary N) is 1. The molecule has 8 nitrogen and oxygen atoms in total. The molecule has 0 aliphatic carbocycles. The smallest absolute Gasteiger partial charge is 0.335 e. The molecule has 0 bridgehead atoms. The van der Waals surface area contributed by atoms with Crippen LogP contribution in [0.15, 0.2) is 36.7 Å². The van der Waals surface area contributed by atoms with Crippen molar-refractivity contribution in [2.75, 3.05) is 26.6 Å². The molecular formula is C19H19N3O5. The third-order valence-electron chi connectivity index (χ3n) is 4.07. The summed E-state index contributed by atoms with van der Waals surface area (Å²) in [6, 6.07) is 8.48. The van der Waals surface area contributed by atoms with Crippen LogP contribution >= 0.6 is 0 Å². The van der Waals surface area contributed by atoms with Crippen molar-refractivity contribution in [2.45, 2.75) is 6.54 Å². The summed E-state index contributed by atoms with van der Waals surface area (Å²) in [4.78, 5) is 19.7. The molecule has 1 aromatic heterocycles. The van der Waals surface area contributed by atoms with Gasteiger partial charge in [0.2, 0.25) is 5.75 Å². The zero-order valence-corrected chi connectivity index (χ0v) is 15.1. The quantitative estimate of drug-likeness (QED) is 0.655. The molecule has 2 N–H and O–H groups in total. The van der Waals surface area contributed by atoms with E-state index in [0.29, 0.717) is 40.5 Å². The predicted octanol–water partition coefficient (Wildman–Crippen LogP) is 2.97. The standard InChI is InChI=1S/C19H19N3O5/c1-25-14-8-13-15(17(27-3)16(14)26-2)21-10-22-18(13)20-9-11-5-4-6-12(7-11)19(23)24/h4-8,10H,9H2,1-3H3,(H,23,24)(H,20,21,22). The Morgan fingerprint density at radius 1 is 1.07 bits per heavy atom. The molecule has 8 heteroatoms. The van der Waals surface area contributed by atoms with E-state index in [1.54, 1.807) is 24.3 Å². The number of hydrogen-bond acceptors (Lipinski definition) is 7. The van der Waals surface area contributed by atoms with Crippen LogP contribution in [0.4, 0.5) is 5.82 Å². The van der Waals surface area contributed by atoms with Crippen molar-refractivity contribution in [2.24, 2.45) is 0 Å². The van der Waals surface area contributed by atoms with Gasteiger partial charge in [0.25, 0.3) is 0 Å². The highest BCUT2D eigenvalue weighted by Gasteiger charge is 2.19. The van der Waals surface area contributed by atoms with Crippen molar-refractivity contribution in [1.29, 1.82) is 0 Å². The normalized spacial score (nSPS) is 10.5. The second kappa shape index (κ2) is 7.77. The van der Waals surface area contributed by atoms with E-state index in [4.69, 9.17) is 19.3 Å².